The van der Waals surface area contributed by atoms with Crippen molar-refractivity contribution in [1.29, 1.82) is 0 Å². The molecule has 0 aliphatic rings. The van der Waals surface area contributed by atoms with Crippen molar-refractivity contribution in [3.8, 4) is 5.75 Å². The molecule has 152 valence electrons. The van der Waals surface area contributed by atoms with E-state index in [1.54, 1.807) is 70.3 Å². The molecule has 0 bridgehead atoms. The average molecular weight is 414 g/mol. The molecule has 0 saturated heterocycles. The number of anilines is 2. The summed E-state index contributed by atoms with van der Waals surface area (Å²) in [6.45, 7) is 5.28. The van der Waals surface area contributed by atoms with Gasteiger partial charge in [-0.25, -0.2) is 8.42 Å². The van der Waals surface area contributed by atoms with Crippen LogP contribution in [0.25, 0.3) is 0 Å². The third-order valence-corrected chi connectivity index (χ3v) is 5.98. The number of sulfonamides is 1. The fourth-order valence-corrected chi connectivity index (χ4v) is 4.30. The Hall–Kier alpha value is -3.26. The molecule has 2 N–H and O–H groups in total. The van der Waals surface area contributed by atoms with E-state index in [0.29, 0.717) is 28.3 Å². The largest absolute Gasteiger partial charge is 0.496 e. The first-order valence-corrected chi connectivity index (χ1v) is 10.3. The number of hydrogen-bond acceptors (Lipinski definition) is 5. The van der Waals surface area contributed by atoms with Crippen molar-refractivity contribution >= 4 is 27.3 Å². The van der Waals surface area contributed by atoms with Gasteiger partial charge in [0.15, 0.2) is 5.76 Å². The van der Waals surface area contributed by atoms with Crippen molar-refractivity contribution in [2.24, 2.45) is 0 Å². The van der Waals surface area contributed by atoms with Gasteiger partial charge < -0.3 is 14.5 Å². The number of hydrogen-bond donors (Lipinski definition) is 2. The molecule has 3 aromatic rings. The van der Waals surface area contributed by atoms with Crippen LogP contribution >= 0.6 is 0 Å². The second kappa shape index (κ2) is 8.00. The summed E-state index contributed by atoms with van der Waals surface area (Å²) in [4.78, 5) is 12.3. The van der Waals surface area contributed by atoms with Crippen LogP contribution in [0.3, 0.4) is 0 Å². The standard InChI is InChI=1S/C21H22N2O5S/c1-13-10-16(7-8-17(13)22-21(24)18-6-5-9-28-18)23-29(25,26)20-12-14(2)19(27-4)11-15(20)3/h5-12,23H,1-4H3,(H,22,24). The highest BCUT2D eigenvalue weighted by atomic mass is 32.2. The van der Waals surface area contributed by atoms with E-state index in [9.17, 15) is 13.2 Å². The number of methoxy groups -OCH3 is 1. The van der Waals surface area contributed by atoms with Crippen LogP contribution in [0.5, 0.6) is 5.75 Å². The quantitative estimate of drug-likeness (QED) is 0.628. The number of furan rings is 1. The summed E-state index contributed by atoms with van der Waals surface area (Å²) in [6.07, 6.45) is 1.42. The zero-order valence-electron chi connectivity index (χ0n) is 16.6. The van der Waals surface area contributed by atoms with Crippen LogP contribution in [0.1, 0.15) is 27.2 Å². The van der Waals surface area contributed by atoms with Crippen LogP contribution in [-0.4, -0.2) is 21.4 Å². The number of benzene rings is 2. The fourth-order valence-electron chi connectivity index (χ4n) is 2.94. The summed E-state index contributed by atoms with van der Waals surface area (Å²) < 4.78 is 38.6. The molecule has 0 unspecified atom stereocenters. The summed E-state index contributed by atoms with van der Waals surface area (Å²) in [5.74, 6) is 0.448. The van der Waals surface area contributed by atoms with Gasteiger partial charge in [-0.2, -0.15) is 0 Å². The maximum Gasteiger partial charge on any atom is 0.291 e. The molecule has 1 aromatic heterocycles. The molecule has 1 heterocycles. The van der Waals surface area contributed by atoms with Gasteiger partial charge in [0.1, 0.15) is 5.75 Å². The Morgan fingerprint density at radius 3 is 2.38 bits per heavy atom. The van der Waals surface area contributed by atoms with Gasteiger partial charge in [0, 0.05) is 11.4 Å². The lowest BCUT2D eigenvalue weighted by molar-refractivity contribution is 0.0996. The number of carbonyl (C=O) groups excluding carboxylic acids is 1. The number of amides is 1. The van der Waals surface area contributed by atoms with E-state index < -0.39 is 10.0 Å². The van der Waals surface area contributed by atoms with Gasteiger partial charge in [0.05, 0.1) is 18.3 Å². The highest BCUT2D eigenvalue weighted by Gasteiger charge is 2.19. The molecule has 8 heteroatoms. The molecule has 0 fully saturated rings. The van der Waals surface area contributed by atoms with Crippen molar-refractivity contribution in [1.82, 2.24) is 0 Å². The van der Waals surface area contributed by atoms with E-state index in [1.807, 2.05) is 0 Å². The molecule has 2 aromatic carbocycles. The number of aryl methyl sites for hydroxylation is 3. The lowest BCUT2D eigenvalue weighted by atomic mass is 10.1. The first kappa shape index (κ1) is 20.5. The third kappa shape index (κ3) is 4.43. The van der Waals surface area contributed by atoms with Crippen molar-refractivity contribution in [3.05, 3.63) is 71.2 Å². The van der Waals surface area contributed by atoms with Crippen LogP contribution in [0.15, 0.2) is 58.0 Å². The number of ether oxygens (including phenoxy) is 1. The van der Waals surface area contributed by atoms with E-state index >= 15 is 0 Å². The molecule has 0 spiro atoms. The number of nitrogens with one attached hydrogen (secondary N) is 2. The monoisotopic (exact) mass is 414 g/mol. The van der Waals surface area contributed by atoms with Gasteiger partial charge in [-0.05, 0) is 79.9 Å². The normalized spacial score (nSPS) is 11.2. The summed E-state index contributed by atoms with van der Waals surface area (Å²) >= 11 is 0. The van der Waals surface area contributed by atoms with Crippen LogP contribution in [0.2, 0.25) is 0 Å². The Morgan fingerprint density at radius 1 is 1.00 bits per heavy atom. The van der Waals surface area contributed by atoms with Crippen LogP contribution < -0.4 is 14.8 Å². The Labute approximate surface area is 169 Å². The molecular weight excluding hydrogens is 392 g/mol. The Balaban J connectivity index is 1.82. The summed E-state index contributed by atoms with van der Waals surface area (Å²) in [6, 6.07) is 11.4. The van der Waals surface area contributed by atoms with Crippen molar-refractivity contribution in [3.63, 3.8) is 0 Å². The Morgan fingerprint density at radius 2 is 1.76 bits per heavy atom. The van der Waals surface area contributed by atoms with Crippen LogP contribution in [0.4, 0.5) is 11.4 Å². The molecule has 3 rings (SSSR count). The maximum absolute atomic E-state index is 12.9. The van der Waals surface area contributed by atoms with Crippen molar-refractivity contribution in [2.75, 3.05) is 17.1 Å². The summed E-state index contributed by atoms with van der Waals surface area (Å²) in [5.41, 5.74) is 2.97. The van der Waals surface area contributed by atoms with E-state index in [2.05, 4.69) is 10.0 Å². The minimum absolute atomic E-state index is 0.184. The highest BCUT2D eigenvalue weighted by Crippen LogP contribution is 2.28. The van der Waals surface area contributed by atoms with Gasteiger partial charge in [0.25, 0.3) is 15.9 Å². The smallest absolute Gasteiger partial charge is 0.291 e. The van der Waals surface area contributed by atoms with Gasteiger partial charge in [-0.1, -0.05) is 0 Å². The summed E-state index contributed by atoms with van der Waals surface area (Å²) in [7, 11) is -2.24. The molecule has 1 amide bonds. The van der Waals surface area contributed by atoms with E-state index in [1.165, 1.54) is 6.26 Å². The summed E-state index contributed by atoms with van der Waals surface area (Å²) in [5, 5.41) is 2.74. The fraction of sp³-hybridized carbons (Fsp3) is 0.190. The topological polar surface area (TPSA) is 97.6 Å². The van der Waals surface area contributed by atoms with Gasteiger partial charge in [-0.15, -0.1) is 0 Å². The van der Waals surface area contributed by atoms with Crippen LogP contribution in [-0.2, 0) is 10.0 Å². The molecule has 7 nitrogen and oxygen atoms in total. The molecule has 0 aliphatic heterocycles. The van der Waals surface area contributed by atoms with Crippen molar-refractivity contribution < 1.29 is 22.4 Å². The predicted octanol–water partition coefficient (Wildman–Crippen LogP) is 4.27. The lowest BCUT2D eigenvalue weighted by Crippen LogP contribution is -2.15. The zero-order valence-corrected chi connectivity index (χ0v) is 17.4. The first-order valence-electron chi connectivity index (χ1n) is 8.85. The molecule has 29 heavy (non-hydrogen) atoms. The SMILES string of the molecule is COc1cc(C)c(S(=O)(=O)Nc2ccc(NC(=O)c3ccco3)c(C)c2)cc1C. The van der Waals surface area contributed by atoms with Crippen LogP contribution in [0, 0.1) is 20.8 Å². The molecule has 0 aliphatic carbocycles. The second-order valence-corrected chi connectivity index (χ2v) is 8.30. The minimum Gasteiger partial charge on any atom is -0.496 e. The maximum atomic E-state index is 12.9. The molecule has 0 radical (unpaired) electrons. The predicted molar refractivity (Wildman–Crippen MR) is 111 cm³/mol. The van der Waals surface area contributed by atoms with E-state index in [4.69, 9.17) is 9.15 Å². The van der Waals surface area contributed by atoms with Gasteiger partial charge in [-0.3, -0.25) is 9.52 Å². The Kier molecular flexibility index (Phi) is 5.65. The molecular formula is C21H22N2O5S. The second-order valence-electron chi connectivity index (χ2n) is 6.65. The lowest BCUT2D eigenvalue weighted by Gasteiger charge is -2.15. The third-order valence-electron chi connectivity index (χ3n) is 4.45. The highest BCUT2D eigenvalue weighted by molar-refractivity contribution is 7.92. The van der Waals surface area contributed by atoms with Gasteiger partial charge >= 0.3 is 0 Å². The molecule has 0 saturated carbocycles. The van der Waals surface area contributed by atoms with Crippen molar-refractivity contribution in [2.45, 2.75) is 25.7 Å². The van der Waals surface area contributed by atoms with Gasteiger partial charge in [0.2, 0.25) is 0 Å². The van der Waals surface area contributed by atoms with E-state index in [0.717, 1.165) is 5.56 Å². The number of rotatable bonds is 6. The first-order chi connectivity index (χ1) is 13.7. The molecule has 0 atom stereocenters. The zero-order chi connectivity index (χ0) is 21.2. The number of carbonyl (C=O) groups is 1. The average Bonchev–Trinajstić information content (AvgIpc) is 3.20. The Bertz CT molecular complexity index is 1150. The van der Waals surface area contributed by atoms with E-state index in [-0.39, 0.29) is 16.6 Å². The minimum atomic E-state index is -3.79.